The Hall–Kier alpha value is -3.36. The summed E-state index contributed by atoms with van der Waals surface area (Å²) in [6.07, 6.45) is 1.81. The molecule has 0 amide bonds. The van der Waals surface area contributed by atoms with Crippen molar-refractivity contribution in [1.82, 2.24) is 14.5 Å². The third kappa shape index (κ3) is 3.08. The Balaban J connectivity index is 1.80. The van der Waals surface area contributed by atoms with Crippen LogP contribution in [0.1, 0.15) is 22.8 Å². The van der Waals surface area contributed by atoms with E-state index in [0.717, 1.165) is 33.7 Å². The van der Waals surface area contributed by atoms with Crippen LogP contribution < -0.4 is 0 Å². The predicted octanol–water partition coefficient (Wildman–Crippen LogP) is 5.83. The summed E-state index contributed by atoms with van der Waals surface area (Å²) in [6, 6.07) is 16.5. The highest BCUT2D eigenvalue weighted by Crippen LogP contribution is 2.27. The number of nitrogens with one attached hydrogen (secondary N) is 1. The van der Waals surface area contributed by atoms with Crippen molar-refractivity contribution in [3.63, 3.8) is 0 Å². The fourth-order valence-electron chi connectivity index (χ4n) is 3.34. The van der Waals surface area contributed by atoms with Crippen molar-refractivity contribution in [2.45, 2.75) is 13.8 Å². The first-order chi connectivity index (χ1) is 13.5. The van der Waals surface area contributed by atoms with Crippen LogP contribution in [0.25, 0.3) is 28.4 Å². The van der Waals surface area contributed by atoms with Gasteiger partial charge in [-0.2, -0.15) is 5.26 Å². The van der Waals surface area contributed by atoms with Gasteiger partial charge in [-0.1, -0.05) is 23.7 Å². The lowest BCUT2D eigenvalue weighted by Crippen LogP contribution is -1.99. The predicted molar refractivity (Wildman–Crippen MR) is 110 cm³/mol. The van der Waals surface area contributed by atoms with Crippen LogP contribution in [-0.2, 0) is 0 Å². The number of benzene rings is 2. The van der Waals surface area contributed by atoms with E-state index in [1.165, 1.54) is 6.07 Å². The quantitative estimate of drug-likeness (QED) is 0.447. The van der Waals surface area contributed by atoms with Crippen LogP contribution in [0.4, 0.5) is 4.39 Å². The van der Waals surface area contributed by atoms with Crippen molar-refractivity contribution in [3.05, 3.63) is 82.1 Å². The Labute approximate surface area is 166 Å². The summed E-state index contributed by atoms with van der Waals surface area (Å²) in [5.41, 5.74) is 5.65. The van der Waals surface area contributed by atoms with Crippen LogP contribution in [0, 0.1) is 31.0 Å². The Morgan fingerprint density at radius 2 is 2.00 bits per heavy atom. The number of imidazole rings is 1. The van der Waals surface area contributed by atoms with Crippen LogP contribution >= 0.6 is 11.6 Å². The second kappa shape index (κ2) is 6.99. The van der Waals surface area contributed by atoms with Gasteiger partial charge in [0.2, 0.25) is 0 Å². The minimum Gasteiger partial charge on any atom is -0.337 e. The minimum atomic E-state index is -0.454. The second-order valence-corrected chi connectivity index (χ2v) is 6.94. The smallest absolute Gasteiger partial charge is 0.149 e. The monoisotopic (exact) mass is 390 g/mol. The van der Waals surface area contributed by atoms with Gasteiger partial charge in [-0.3, -0.25) is 0 Å². The average Bonchev–Trinajstić information content (AvgIpc) is 3.23. The zero-order valence-electron chi connectivity index (χ0n) is 15.3. The van der Waals surface area contributed by atoms with Crippen molar-refractivity contribution in [3.8, 4) is 11.8 Å². The fourth-order valence-corrected chi connectivity index (χ4v) is 3.52. The molecule has 1 N–H and O–H groups in total. The lowest BCUT2D eigenvalue weighted by Gasteiger charge is -2.10. The zero-order valence-corrected chi connectivity index (χ0v) is 16.0. The van der Waals surface area contributed by atoms with Crippen LogP contribution in [0.15, 0.2) is 48.5 Å². The van der Waals surface area contributed by atoms with Gasteiger partial charge in [-0.05, 0) is 61.9 Å². The lowest BCUT2D eigenvalue weighted by atomic mass is 10.1. The van der Waals surface area contributed by atoms with E-state index in [9.17, 15) is 9.65 Å². The van der Waals surface area contributed by atoms with E-state index >= 15 is 0 Å². The van der Waals surface area contributed by atoms with Crippen molar-refractivity contribution >= 4 is 34.3 Å². The largest absolute Gasteiger partial charge is 0.337 e. The molecule has 6 heteroatoms. The van der Waals surface area contributed by atoms with E-state index in [0.29, 0.717) is 11.4 Å². The number of rotatable bonds is 3. The number of aryl methyl sites for hydroxylation is 1. The summed E-state index contributed by atoms with van der Waals surface area (Å²) in [6.45, 7) is 3.90. The molecule has 0 aliphatic rings. The highest BCUT2D eigenvalue weighted by molar-refractivity contribution is 6.30. The van der Waals surface area contributed by atoms with E-state index in [1.807, 2.05) is 54.8 Å². The molecule has 0 saturated carbocycles. The Morgan fingerprint density at radius 3 is 2.71 bits per heavy atom. The van der Waals surface area contributed by atoms with E-state index in [2.05, 4.69) is 16.0 Å². The number of aromatic amines is 1. The van der Waals surface area contributed by atoms with Gasteiger partial charge in [0, 0.05) is 17.1 Å². The van der Waals surface area contributed by atoms with Gasteiger partial charge in [-0.15, -0.1) is 0 Å². The number of nitriles is 1. The summed E-state index contributed by atoms with van der Waals surface area (Å²) in [7, 11) is 0. The van der Waals surface area contributed by atoms with Crippen LogP contribution in [0.3, 0.4) is 0 Å². The van der Waals surface area contributed by atoms with E-state index in [1.54, 1.807) is 12.1 Å². The number of halogens is 2. The first kappa shape index (κ1) is 18.0. The number of hydrogen-bond donors (Lipinski definition) is 1. The molecule has 4 aromatic rings. The molecule has 0 fully saturated rings. The maximum Gasteiger partial charge on any atom is 0.149 e. The maximum absolute atomic E-state index is 13.5. The average molecular weight is 391 g/mol. The topological polar surface area (TPSA) is 57.4 Å². The summed E-state index contributed by atoms with van der Waals surface area (Å²) in [4.78, 5) is 7.69. The third-order valence-electron chi connectivity index (χ3n) is 4.70. The maximum atomic E-state index is 13.5. The number of aromatic nitrogens is 3. The van der Waals surface area contributed by atoms with E-state index < -0.39 is 5.82 Å². The molecule has 0 spiro atoms. The van der Waals surface area contributed by atoms with E-state index in [4.69, 9.17) is 11.6 Å². The van der Waals surface area contributed by atoms with Crippen LogP contribution in [0.2, 0.25) is 5.02 Å². The standard InChI is InChI=1S/C22H16ClFN4/c1-13-9-15(14(2)28(13)17-7-8-19(24)18(23)11-17)10-16(12-25)22-26-20-5-3-4-6-21(20)27-22/h3-11H,1-2H3,(H,26,27). The van der Waals surface area contributed by atoms with Gasteiger partial charge in [0.25, 0.3) is 0 Å². The molecule has 0 bridgehead atoms. The normalized spacial score (nSPS) is 11.8. The molecule has 4 rings (SSSR count). The molecule has 28 heavy (non-hydrogen) atoms. The molecule has 2 aromatic carbocycles. The number of para-hydroxylation sites is 2. The number of H-pyrrole nitrogens is 1. The van der Waals surface area contributed by atoms with Gasteiger partial charge in [-0.25, -0.2) is 9.37 Å². The molecular formula is C22H16ClFN4. The summed E-state index contributed by atoms with van der Waals surface area (Å²) in [5.74, 6) is 0.0722. The van der Waals surface area contributed by atoms with E-state index in [-0.39, 0.29) is 5.02 Å². The van der Waals surface area contributed by atoms with Gasteiger partial charge in [0.1, 0.15) is 17.7 Å². The van der Waals surface area contributed by atoms with Gasteiger partial charge in [0.05, 0.1) is 21.6 Å². The Kier molecular flexibility index (Phi) is 4.50. The first-order valence-electron chi connectivity index (χ1n) is 8.69. The SMILES string of the molecule is Cc1cc(C=C(C#N)c2nc3ccccc3[nH]2)c(C)n1-c1ccc(F)c(Cl)c1. The summed E-state index contributed by atoms with van der Waals surface area (Å²) < 4.78 is 15.5. The number of nitrogens with zero attached hydrogens (tertiary/aromatic N) is 3. The second-order valence-electron chi connectivity index (χ2n) is 6.53. The Morgan fingerprint density at radius 1 is 1.21 bits per heavy atom. The molecule has 0 aliphatic carbocycles. The molecule has 2 aromatic heterocycles. The van der Waals surface area contributed by atoms with Gasteiger partial charge < -0.3 is 9.55 Å². The molecule has 4 nitrogen and oxygen atoms in total. The number of fused-ring (bicyclic) bond motifs is 1. The van der Waals surface area contributed by atoms with Crippen LogP contribution in [0.5, 0.6) is 0 Å². The highest BCUT2D eigenvalue weighted by atomic mass is 35.5. The molecule has 0 saturated heterocycles. The van der Waals surface area contributed by atoms with Crippen molar-refractivity contribution < 1.29 is 4.39 Å². The number of hydrogen-bond acceptors (Lipinski definition) is 2. The van der Waals surface area contributed by atoms with Gasteiger partial charge >= 0.3 is 0 Å². The molecule has 0 unspecified atom stereocenters. The van der Waals surface area contributed by atoms with Gasteiger partial charge in [0.15, 0.2) is 0 Å². The first-order valence-corrected chi connectivity index (χ1v) is 9.07. The van der Waals surface area contributed by atoms with Crippen molar-refractivity contribution in [1.29, 1.82) is 5.26 Å². The Bertz CT molecular complexity index is 1240. The summed E-state index contributed by atoms with van der Waals surface area (Å²) in [5, 5.41) is 9.74. The molecule has 0 aliphatic heterocycles. The summed E-state index contributed by atoms with van der Waals surface area (Å²) >= 11 is 5.94. The zero-order chi connectivity index (χ0) is 19.8. The van der Waals surface area contributed by atoms with Crippen molar-refractivity contribution in [2.75, 3.05) is 0 Å². The molecule has 2 heterocycles. The fraction of sp³-hybridized carbons (Fsp3) is 0.0909. The minimum absolute atomic E-state index is 0.0714. The highest BCUT2D eigenvalue weighted by Gasteiger charge is 2.14. The van der Waals surface area contributed by atoms with Crippen LogP contribution in [-0.4, -0.2) is 14.5 Å². The molecule has 138 valence electrons. The number of allylic oxidation sites excluding steroid dienone is 1. The molecule has 0 atom stereocenters. The molecular weight excluding hydrogens is 375 g/mol. The third-order valence-corrected chi connectivity index (χ3v) is 4.99. The lowest BCUT2D eigenvalue weighted by molar-refractivity contribution is 0.627. The van der Waals surface area contributed by atoms with Crippen molar-refractivity contribution in [2.24, 2.45) is 0 Å². The molecule has 0 radical (unpaired) electrons.